The van der Waals surface area contributed by atoms with Crippen LogP contribution in [0.15, 0.2) is 18.2 Å². The number of halogens is 1. The smallest absolute Gasteiger partial charge is 0.305 e. The molecule has 4 nitrogen and oxygen atoms in total. The van der Waals surface area contributed by atoms with Crippen molar-refractivity contribution in [3.8, 4) is 0 Å². The minimum atomic E-state index is -0.731. The third-order valence-electron chi connectivity index (χ3n) is 3.23. The van der Waals surface area contributed by atoms with Gasteiger partial charge in [0.25, 0.3) is 0 Å². The van der Waals surface area contributed by atoms with Crippen molar-refractivity contribution in [1.82, 2.24) is 5.32 Å². The van der Waals surface area contributed by atoms with Crippen LogP contribution in [0, 0.1) is 21.3 Å². The fourth-order valence-corrected chi connectivity index (χ4v) is 1.73. The highest BCUT2D eigenvalue weighted by atomic mass is 19.1. The van der Waals surface area contributed by atoms with Gasteiger partial charge in [0.15, 0.2) is 0 Å². The number of nitrogens with one attached hydrogen (secondary N) is 1. The Morgan fingerprint density at radius 1 is 1.53 bits per heavy atom. The molecule has 17 heavy (non-hydrogen) atoms. The fraction of sp³-hybridized carbons (Fsp3) is 0.500. The van der Waals surface area contributed by atoms with E-state index in [2.05, 4.69) is 12.2 Å². The van der Waals surface area contributed by atoms with Gasteiger partial charge >= 0.3 is 5.69 Å². The monoisotopic (exact) mass is 238 g/mol. The van der Waals surface area contributed by atoms with E-state index in [1.165, 1.54) is 25.0 Å². The van der Waals surface area contributed by atoms with E-state index in [9.17, 15) is 14.5 Å². The van der Waals surface area contributed by atoms with E-state index in [1.807, 2.05) is 0 Å². The second-order valence-electron chi connectivity index (χ2n) is 4.92. The molecule has 1 aromatic rings. The summed E-state index contributed by atoms with van der Waals surface area (Å²) in [7, 11) is 0. The van der Waals surface area contributed by atoms with Crippen LogP contribution in [0.4, 0.5) is 10.1 Å². The first-order chi connectivity index (χ1) is 8.02. The molecule has 0 atom stereocenters. The first kappa shape index (κ1) is 12.0. The number of nitro groups is 1. The van der Waals surface area contributed by atoms with E-state index < -0.39 is 16.4 Å². The summed E-state index contributed by atoms with van der Waals surface area (Å²) in [4.78, 5) is 9.87. The molecule has 0 saturated heterocycles. The van der Waals surface area contributed by atoms with Gasteiger partial charge in [0.1, 0.15) is 0 Å². The highest BCUT2D eigenvalue weighted by Gasteiger charge is 2.36. The summed E-state index contributed by atoms with van der Waals surface area (Å²) in [6.45, 7) is 3.34. The maximum atomic E-state index is 13.7. The zero-order valence-corrected chi connectivity index (χ0v) is 9.70. The molecule has 0 amide bonds. The maximum Gasteiger partial charge on any atom is 0.305 e. The summed E-state index contributed by atoms with van der Waals surface area (Å²) >= 11 is 0. The zero-order chi connectivity index (χ0) is 12.5. The minimum Gasteiger partial charge on any atom is -0.312 e. The quantitative estimate of drug-likeness (QED) is 0.633. The van der Waals surface area contributed by atoms with Crippen LogP contribution in [0.25, 0.3) is 0 Å². The second-order valence-corrected chi connectivity index (χ2v) is 4.92. The predicted molar refractivity (Wildman–Crippen MR) is 62.1 cm³/mol. The molecule has 0 spiro atoms. The average Bonchev–Trinajstić information content (AvgIpc) is 2.99. The molecule has 0 heterocycles. The van der Waals surface area contributed by atoms with E-state index in [1.54, 1.807) is 6.07 Å². The van der Waals surface area contributed by atoms with Crippen LogP contribution < -0.4 is 5.32 Å². The van der Waals surface area contributed by atoms with Gasteiger partial charge in [0.2, 0.25) is 5.82 Å². The molecule has 92 valence electrons. The largest absolute Gasteiger partial charge is 0.312 e. The summed E-state index contributed by atoms with van der Waals surface area (Å²) in [5, 5.41) is 13.7. The molecule has 1 N–H and O–H groups in total. The Kier molecular flexibility index (Phi) is 3.11. The third-order valence-corrected chi connectivity index (χ3v) is 3.23. The Hall–Kier alpha value is -1.49. The van der Waals surface area contributed by atoms with Crippen molar-refractivity contribution in [2.45, 2.75) is 26.3 Å². The van der Waals surface area contributed by atoms with Gasteiger partial charge in [-0.3, -0.25) is 10.1 Å². The molecule has 5 heteroatoms. The summed E-state index contributed by atoms with van der Waals surface area (Å²) in [5.74, 6) is -0.731. The van der Waals surface area contributed by atoms with Gasteiger partial charge in [-0.25, -0.2) is 0 Å². The molecule has 0 aromatic heterocycles. The van der Waals surface area contributed by atoms with Gasteiger partial charge in [0.05, 0.1) is 4.92 Å². The topological polar surface area (TPSA) is 55.2 Å². The number of hydrogen-bond acceptors (Lipinski definition) is 3. The highest BCUT2D eigenvalue weighted by molar-refractivity contribution is 5.36. The van der Waals surface area contributed by atoms with Gasteiger partial charge in [-0.1, -0.05) is 19.1 Å². The Morgan fingerprint density at radius 3 is 2.82 bits per heavy atom. The molecule has 1 aliphatic rings. The van der Waals surface area contributed by atoms with Gasteiger partial charge in [-0.2, -0.15) is 4.39 Å². The Bertz CT molecular complexity index is 444. The molecule has 1 aromatic carbocycles. The second kappa shape index (κ2) is 4.41. The molecule has 2 rings (SSSR count). The minimum absolute atomic E-state index is 0.336. The number of hydrogen-bond donors (Lipinski definition) is 1. The van der Waals surface area contributed by atoms with Crippen LogP contribution in [-0.2, 0) is 6.54 Å². The van der Waals surface area contributed by atoms with Gasteiger partial charge in [-0.15, -0.1) is 0 Å². The van der Waals surface area contributed by atoms with Crippen LogP contribution in [0.2, 0.25) is 0 Å². The van der Waals surface area contributed by atoms with Crippen LogP contribution in [0.5, 0.6) is 0 Å². The lowest BCUT2D eigenvalue weighted by Crippen LogP contribution is -2.22. The van der Waals surface area contributed by atoms with E-state index in [0.717, 1.165) is 6.54 Å². The lowest BCUT2D eigenvalue weighted by Gasteiger charge is -2.10. The molecule has 1 fully saturated rings. The van der Waals surface area contributed by atoms with Crippen LogP contribution >= 0.6 is 0 Å². The molecule has 0 aliphatic heterocycles. The zero-order valence-electron chi connectivity index (χ0n) is 9.70. The summed E-state index contributed by atoms with van der Waals surface area (Å²) in [6.07, 6.45) is 2.38. The first-order valence-corrected chi connectivity index (χ1v) is 5.64. The normalized spacial score (nSPS) is 16.8. The van der Waals surface area contributed by atoms with Gasteiger partial charge < -0.3 is 5.32 Å². The van der Waals surface area contributed by atoms with Crippen LogP contribution in [0.3, 0.4) is 0 Å². The van der Waals surface area contributed by atoms with Gasteiger partial charge in [0, 0.05) is 24.7 Å². The Labute approximate surface area is 99.0 Å². The SMILES string of the molecule is CC1(CNCc2cccc([N+](=O)[O-])c2F)CC1. The van der Waals surface area contributed by atoms with Crippen LogP contribution in [0.1, 0.15) is 25.3 Å². The summed E-state index contributed by atoms with van der Waals surface area (Å²) in [6, 6.07) is 4.27. The molecule has 1 aliphatic carbocycles. The Balaban J connectivity index is 2.00. The van der Waals surface area contributed by atoms with Crippen molar-refractivity contribution in [1.29, 1.82) is 0 Å². The van der Waals surface area contributed by atoms with E-state index in [0.29, 0.717) is 17.5 Å². The van der Waals surface area contributed by atoms with Crippen molar-refractivity contribution >= 4 is 5.69 Å². The van der Waals surface area contributed by atoms with Crippen molar-refractivity contribution in [3.63, 3.8) is 0 Å². The molecule has 1 saturated carbocycles. The van der Waals surface area contributed by atoms with E-state index in [-0.39, 0.29) is 0 Å². The lowest BCUT2D eigenvalue weighted by atomic mass is 10.1. The first-order valence-electron chi connectivity index (χ1n) is 5.64. The van der Waals surface area contributed by atoms with Crippen molar-refractivity contribution < 1.29 is 9.31 Å². The summed E-state index contributed by atoms with van der Waals surface area (Å²) < 4.78 is 13.7. The average molecular weight is 238 g/mol. The maximum absolute atomic E-state index is 13.7. The highest BCUT2D eigenvalue weighted by Crippen LogP contribution is 2.44. The van der Waals surface area contributed by atoms with Gasteiger partial charge in [-0.05, 0) is 18.3 Å². The van der Waals surface area contributed by atoms with Crippen molar-refractivity contribution in [2.24, 2.45) is 5.41 Å². The molecular weight excluding hydrogens is 223 g/mol. The number of benzene rings is 1. The van der Waals surface area contributed by atoms with E-state index >= 15 is 0 Å². The molecule has 0 radical (unpaired) electrons. The predicted octanol–water partition coefficient (Wildman–Crippen LogP) is 2.62. The number of nitro benzene ring substituents is 1. The van der Waals surface area contributed by atoms with Crippen LogP contribution in [-0.4, -0.2) is 11.5 Å². The summed E-state index contributed by atoms with van der Waals surface area (Å²) in [5.41, 5.74) is 0.238. The molecule has 0 unspecified atom stereocenters. The standard InChI is InChI=1S/C12H15FN2O2/c1-12(5-6-12)8-14-7-9-3-2-4-10(11(9)13)15(16)17/h2-4,14H,5-8H2,1H3. The molecular formula is C12H15FN2O2. The van der Waals surface area contributed by atoms with Crippen molar-refractivity contribution in [3.05, 3.63) is 39.7 Å². The van der Waals surface area contributed by atoms with Crippen molar-refractivity contribution in [2.75, 3.05) is 6.54 Å². The van der Waals surface area contributed by atoms with E-state index in [4.69, 9.17) is 0 Å². The Morgan fingerprint density at radius 2 is 2.24 bits per heavy atom. The third kappa shape index (κ3) is 2.79. The molecule has 0 bridgehead atoms. The fourth-order valence-electron chi connectivity index (χ4n) is 1.73. The lowest BCUT2D eigenvalue weighted by molar-refractivity contribution is -0.387. The number of nitrogens with zero attached hydrogens (tertiary/aromatic N) is 1. The number of rotatable bonds is 5.